The third-order valence-electron chi connectivity index (χ3n) is 3.18. The highest BCUT2D eigenvalue weighted by Gasteiger charge is 2.73. The molecule has 0 aromatic rings. The molecule has 0 bridgehead atoms. The largest absolute Gasteiger partial charge is 0.460 e. The molecule has 1 amide bonds. The van der Waals surface area contributed by atoms with Crippen molar-refractivity contribution in [1.82, 2.24) is 5.32 Å². The van der Waals surface area contributed by atoms with Crippen LogP contribution in [0.2, 0.25) is 12.6 Å². The van der Waals surface area contributed by atoms with Crippen LogP contribution in [0.3, 0.4) is 0 Å². The molecule has 0 aliphatic heterocycles. The van der Waals surface area contributed by atoms with Crippen molar-refractivity contribution >= 4 is 14.7 Å². The van der Waals surface area contributed by atoms with Crippen LogP contribution in [-0.2, 0) is 13.6 Å². The summed E-state index contributed by atoms with van der Waals surface area (Å²) in [5.41, 5.74) is 0. The monoisotopic (exact) mass is 417 g/mol. The Kier molecular flexibility index (Phi) is 9.33. The summed E-state index contributed by atoms with van der Waals surface area (Å²) in [5.74, 6) is -11.9. The Hall–Kier alpha value is -1.08. The minimum absolute atomic E-state index is 0.0805. The molecule has 0 aromatic carbocycles. The van der Waals surface area contributed by atoms with Gasteiger partial charge in [0, 0.05) is 19.8 Å². The molecule has 0 heterocycles. The van der Waals surface area contributed by atoms with Gasteiger partial charge in [0.05, 0.1) is 0 Å². The van der Waals surface area contributed by atoms with E-state index in [9.17, 15) is 35.5 Å². The van der Waals surface area contributed by atoms with Crippen LogP contribution >= 0.6 is 0 Å². The highest BCUT2D eigenvalue weighted by atomic mass is 28.4. The van der Waals surface area contributed by atoms with E-state index in [4.69, 9.17) is 8.85 Å². The van der Waals surface area contributed by atoms with Crippen molar-refractivity contribution in [2.24, 2.45) is 0 Å². The Bertz CT molecular complexity index is 443. The first-order chi connectivity index (χ1) is 11.7. The Morgan fingerprint density at radius 3 is 1.92 bits per heavy atom. The lowest BCUT2D eigenvalue weighted by atomic mass is 10.2. The molecule has 0 saturated heterocycles. The fourth-order valence-corrected chi connectivity index (χ4v) is 4.31. The first kappa shape index (κ1) is 24.9. The molecule has 26 heavy (non-hydrogen) atoms. The second-order valence-electron chi connectivity index (χ2n) is 5.38. The van der Waals surface area contributed by atoms with Crippen LogP contribution in [0.15, 0.2) is 0 Å². The van der Waals surface area contributed by atoms with Gasteiger partial charge in [-0.15, -0.1) is 0 Å². The lowest BCUT2D eigenvalue weighted by molar-refractivity contribution is -0.359. The maximum Gasteiger partial charge on any atom is 0.460 e. The maximum absolute atomic E-state index is 13.0. The summed E-state index contributed by atoms with van der Waals surface area (Å²) in [6.45, 7) is 3.69. The van der Waals surface area contributed by atoms with Crippen molar-refractivity contribution in [2.75, 3.05) is 26.4 Å². The standard InChI is InChI=1S/C13H22F7NO4Si/c1-4-24-26(3,25-5-2)8-6-7-21-10(22)23-9-11(14,15)12(16,17)13(18,19)20/h4-9H2,1-3H3,(H,21,22). The highest BCUT2D eigenvalue weighted by molar-refractivity contribution is 6.66. The SMILES string of the molecule is CCO[Si](C)(CCCNC(=O)OCC(F)(F)C(F)(F)C(F)(F)F)OCC. The first-order valence-corrected chi connectivity index (χ1v) is 10.3. The molecule has 0 aliphatic rings. The van der Waals surface area contributed by atoms with Crippen LogP contribution in [0.5, 0.6) is 0 Å². The highest BCUT2D eigenvalue weighted by Crippen LogP contribution is 2.46. The fourth-order valence-electron chi connectivity index (χ4n) is 1.90. The minimum atomic E-state index is -6.47. The summed E-state index contributed by atoms with van der Waals surface area (Å²) in [4.78, 5) is 11.2. The van der Waals surface area contributed by atoms with E-state index >= 15 is 0 Å². The van der Waals surface area contributed by atoms with Gasteiger partial charge in [-0.1, -0.05) is 0 Å². The summed E-state index contributed by atoms with van der Waals surface area (Å²) in [7, 11) is -2.45. The normalized spacial score (nSPS) is 13.6. The number of carbonyl (C=O) groups is 1. The number of carbonyl (C=O) groups excluding carboxylic acids is 1. The van der Waals surface area contributed by atoms with Crippen molar-refractivity contribution in [3.63, 3.8) is 0 Å². The van der Waals surface area contributed by atoms with E-state index in [1.54, 1.807) is 20.4 Å². The fraction of sp³-hybridized carbons (Fsp3) is 0.923. The maximum atomic E-state index is 13.0. The van der Waals surface area contributed by atoms with Crippen LogP contribution < -0.4 is 5.32 Å². The van der Waals surface area contributed by atoms with Gasteiger partial charge in [0.2, 0.25) is 0 Å². The molecule has 0 aliphatic carbocycles. The van der Waals surface area contributed by atoms with E-state index in [-0.39, 0.29) is 6.54 Å². The van der Waals surface area contributed by atoms with Crippen LogP contribution in [0, 0.1) is 0 Å². The number of nitrogens with one attached hydrogen (secondary N) is 1. The molecule has 5 nitrogen and oxygen atoms in total. The van der Waals surface area contributed by atoms with Crippen LogP contribution in [0.4, 0.5) is 35.5 Å². The second kappa shape index (κ2) is 9.74. The average molecular weight is 417 g/mol. The number of hydrogen-bond donors (Lipinski definition) is 1. The summed E-state index contributed by atoms with van der Waals surface area (Å²) < 4.78 is 102. The van der Waals surface area contributed by atoms with Gasteiger partial charge in [-0.05, 0) is 32.9 Å². The van der Waals surface area contributed by atoms with Gasteiger partial charge < -0.3 is 18.9 Å². The van der Waals surface area contributed by atoms with Gasteiger partial charge in [-0.3, -0.25) is 0 Å². The molecule has 0 rings (SSSR count). The molecule has 0 saturated carbocycles. The van der Waals surface area contributed by atoms with Crippen molar-refractivity contribution in [1.29, 1.82) is 0 Å². The molecule has 1 N–H and O–H groups in total. The van der Waals surface area contributed by atoms with E-state index in [0.29, 0.717) is 25.7 Å². The van der Waals surface area contributed by atoms with Crippen molar-refractivity contribution in [3.8, 4) is 0 Å². The lowest BCUT2D eigenvalue weighted by Crippen LogP contribution is -2.54. The number of ether oxygens (including phenoxy) is 1. The summed E-state index contributed by atoms with van der Waals surface area (Å²) >= 11 is 0. The molecule has 0 fully saturated rings. The third kappa shape index (κ3) is 7.27. The van der Waals surface area contributed by atoms with Gasteiger partial charge in [0.25, 0.3) is 0 Å². The quantitative estimate of drug-likeness (QED) is 0.313. The molecular formula is C13H22F7NO4Si. The Labute approximate surface area is 147 Å². The topological polar surface area (TPSA) is 56.8 Å². The molecule has 0 unspecified atom stereocenters. The number of rotatable bonds is 11. The molecule has 156 valence electrons. The first-order valence-electron chi connectivity index (χ1n) is 7.73. The summed E-state index contributed by atoms with van der Waals surface area (Å²) in [6, 6.07) is 0.442. The zero-order chi connectivity index (χ0) is 20.6. The Morgan fingerprint density at radius 1 is 1.00 bits per heavy atom. The van der Waals surface area contributed by atoms with Gasteiger partial charge in [0.1, 0.15) is 0 Å². The Morgan fingerprint density at radius 2 is 1.50 bits per heavy atom. The van der Waals surface area contributed by atoms with E-state index in [2.05, 4.69) is 4.74 Å². The predicted molar refractivity (Wildman–Crippen MR) is 79.6 cm³/mol. The number of hydrogen-bond acceptors (Lipinski definition) is 4. The predicted octanol–water partition coefficient (Wildman–Crippen LogP) is 4.08. The van der Waals surface area contributed by atoms with Gasteiger partial charge >= 0.3 is 32.7 Å². The smallest absolute Gasteiger partial charge is 0.443 e. The van der Waals surface area contributed by atoms with E-state index in [1.165, 1.54) is 0 Å². The van der Waals surface area contributed by atoms with Crippen molar-refractivity contribution in [3.05, 3.63) is 0 Å². The van der Waals surface area contributed by atoms with E-state index in [1.807, 2.05) is 5.32 Å². The lowest BCUT2D eigenvalue weighted by Gasteiger charge is -2.27. The minimum Gasteiger partial charge on any atom is -0.443 e. The Balaban J connectivity index is 4.36. The third-order valence-corrected chi connectivity index (χ3v) is 6.24. The van der Waals surface area contributed by atoms with Crippen LogP contribution in [-0.4, -0.2) is 59.0 Å². The zero-order valence-corrected chi connectivity index (χ0v) is 15.5. The number of halogens is 7. The van der Waals surface area contributed by atoms with E-state index < -0.39 is 39.3 Å². The number of amides is 1. The number of alkyl carbamates (subject to hydrolysis) is 1. The summed E-state index contributed by atoms with van der Waals surface area (Å²) in [5, 5.41) is 1.99. The second-order valence-corrected chi connectivity index (χ2v) is 8.73. The molecule has 0 atom stereocenters. The molecule has 13 heteroatoms. The van der Waals surface area contributed by atoms with Gasteiger partial charge in [-0.25, -0.2) is 4.79 Å². The van der Waals surface area contributed by atoms with Crippen LogP contribution in [0.1, 0.15) is 20.3 Å². The van der Waals surface area contributed by atoms with E-state index in [0.717, 1.165) is 0 Å². The van der Waals surface area contributed by atoms with Crippen molar-refractivity contribution in [2.45, 2.75) is 50.9 Å². The molecule has 0 aromatic heterocycles. The molecular weight excluding hydrogens is 395 g/mol. The zero-order valence-electron chi connectivity index (χ0n) is 14.5. The summed E-state index contributed by atoms with van der Waals surface area (Å²) in [6.07, 6.45) is -7.68. The van der Waals surface area contributed by atoms with Crippen LogP contribution in [0.25, 0.3) is 0 Å². The van der Waals surface area contributed by atoms with Crippen molar-refractivity contribution < 1.29 is 49.1 Å². The number of alkyl halides is 7. The molecule has 0 radical (unpaired) electrons. The average Bonchev–Trinajstić information content (AvgIpc) is 2.49. The molecule has 0 spiro atoms. The van der Waals surface area contributed by atoms with Gasteiger partial charge in [-0.2, -0.15) is 30.7 Å². The van der Waals surface area contributed by atoms with Gasteiger partial charge in [0.15, 0.2) is 6.61 Å².